The monoisotopic (exact) mass is 1080 g/mol. The first-order valence-corrected chi connectivity index (χ1v) is 34.8. The number of aliphatic hydroxyl groups is 2. The predicted molar refractivity (Wildman–Crippen MR) is 338 cm³/mol. The molecule has 0 aromatic carbocycles. The van der Waals surface area contributed by atoms with Crippen LogP contribution in [0, 0.1) is 0 Å². The van der Waals surface area contributed by atoms with Crippen molar-refractivity contribution in [2.24, 2.45) is 0 Å². The van der Waals surface area contributed by atoms with Crippen LogP contribution in [0.5, 0.6) is 0 Å². The van der Waals surface area contributed by atoms with Gasteiger partial charge in [0.15, 0.2) is 0 Å². The first-order valence-electron chi connectivity index (χ1n) is 34.8. The number of rotatable bonds is 65. The Balaban J connectivity index is 3.37. The minimum absolute atomic E-state index is 0.0176. The van der Waals surface area contributed by atoms with Gasteiger partial charge in [-0.1, -0.05) is 339 Å². The second-order valence-electron chi connectivity index (χ2n) is 23.9. The minimum atomic E-state index is -0.843. The summed E-state index contributed by atoms with van der Waals surface area (Å²) in [6, 6.07) is -0.626. The van der Waals surface area contributed by atoms with E-state index >= 15 is 0 Å². The van der Waals surface area contributed by atoms with Crippen LogP contribution in [0.25, 0.3) is 0 Å². The van der Waals surface area contributed by atoms with E-state index in [0.29, 0.717) is 19.4 Å². The lowest BCUT2D eigenvalue weighted by Crippen LogP contribution is -2.45. The molecule has 0 aliphatic rings. The molecule has 3 N–H and O–H groups in total. The highest BCUT2D eigenvalue weighted by Crippen LogP contribution is 2.18. The third-order valence-corrected chi connectivity index (χ3v) is 16.2. The van der Waals surface area contributed by atoms with E-state index in [-0.39, 0.29) is 18.5 Å². The predicted octanol–water partition coefficient (Wildman–Crippen LogP) is 22.3. The molecule has 2 atom stereocenters. The van der Waals surface area contributed by atoms with E-state index < -0.39 is 12.1 Å². The van der Waals surface area contributed by atoms with Crippen molar-refractivity contribution in [3.8, 4) is 0 Å². The molecular weight excluding hydrogens is 947 g/mol. The number of amides is 1. The van der Waals surface area contributed by atoms with E-state index in [9.17, 15) is 19.8 Å². The lowest BCUT2D eigenvalue weighted by molar-refractivity contribution is -0.143. The maximum atomic E-state index is 12.4. The zero-order valence-corrected chi connectivity index (χ0v) is 52.0. The van der Waals surface area contributed by atoms with Gasteiger partial charge in [0.05, 0.1) is 25.4 Å². The smallest absolute Gasteiger partial charge is 0.305 e. The average Bonchev–Trinajstić information content (AvgIpc) is 3.43. The topological polar surface area (TPSA) is 95.9 Å². The second-order valence-corrected chi connectivity index (χ2v) is 23.9. The number of ether oxygens (including phenoxy) is 1. The molecule has 0 saturated heterocycles. The van der Waals surface area contributed by atoms with Crippen molar-refractivity contribution >= 4 is 11.9 Å². The number of unbranched alkanes of at least 4 members (excludes halogenated alkanes) is 50. The molecule has 0 fully saturated rings. The zero-order chi connectivity index (χ0) is 55.7. The van der Waals surface area contributed by atoms with Gasteiger partial charge in [-0.15, -0.1) is 0 Å². The van der Waals surface area contributed by atoms with Crippen molar-refractivity contribution in [1.29, 1.82) is 0 Å². The van der Waals surface area contributed by atoms with Crippen molar-refractivity contribution in [2.45, 2.75) is 392 Å². The summed E-state index contributed by atoms with van der Waals surface area (Å²) >= 11 is 0. The molecule has 0 radical (unpaired) electrons. The summed E-state index contributed by atoms with van der Waals surface area (Å²) in [5.41, 5.74) is 0. The van der Waals surface area contributed by atoms with E-state index in [2.05, 4.69) is 43.5 Å². The largest absolute Gasteiger partial charge is 0.466 e. The highest BCUT2D eigenvalue weighted by Gasteiger charge is 2.18. The second kappa shape index (κ2) is 66.6. The van der Waals surface area contributed by atoms with Crippen molar-refractivity contribution in [3.63, 3.8) is 0 Å². The van der Waals surface area contributed by atoms with Crippen LogP contribution in [-0.2, 0) is 14.3 Å². The normalized spacial score (nSPS) is 12.7. The zero-order valence-electron chi connectivity index (χ0n) is 52.0. The standard InChI is InChI=1S/C71H135NO5/c1-3-5-7-9-11-13-15-16-17-18-35-38-41-45-49-53-57-61-65-71(76)77-66-62-58-54-50-46-42-39-36-33-31-29-27-25-23-21-19-20-22-24-26-28-30-32-34-37-40-44-48-52-56-60-64-70(75)72-68(67-73)69(74)63-59-55-51-47-43-14-12-10-8-6-4-2/h21,23,27,29,59,63,68-69,73-74H,3-20,22,24-26,28,30-58,60-62,64-67H2,1-2H3,(H,72,75)/b23-21-,29-27-,63-59+. The number of hydrogen-bond acceptors (Lipinski definition) is 5. The van der Waals surface area contributed by atoms with Crippen LogP contribution in [0.15, 0.2) is 36.5 Å². The van der Waals surface area contributed by atoms with E-state index in [1.54, 1.807) is 6.08 Å². The van der Waals surface area contributed by atoms with Gasteiger partial charge >= 0.3 is 5.97 Å². The number of carbonyl (C=O) groups is 2. The molecule has 0 aliphatic heterocycles. The van der Waals surface area contributed by atoms with E-state index in [1.165, 1.54) is 308 Å². The molecule has 0 aromatic heterocycles. The summed E-state index contributed by atoms with van der Waals surface area (Å²) in [7, 11) is 0. The maximum absolute atomic E-state index is 12.4. The Morgan fingerprint density at radius 2 is 0.649 bits per heavy atom. The van der Waals surface area contributed by atoms with Crippen LogP contribution in [0.1, 0.15) is 380 Å². The van der Waals surface area contributed by atoms with Crippen LogP contribution in [0.2, 0.25) is 0 Å². The van der Waals surface area contributed by atoms with Crippen LogP contribution >= 0.6 is 0 Å². The molecule has 0 rings (SSSR count). The summed E-state index contributed by atoms with van der Waals surface area (Å²) in [5.74, 6) is -0.0499. The molecule has 0 spiro atoms. The van der Waals surface area contributed by atoms with E-state index in [0.717, 1.165) is 44.9 Å². The van der Waals surface area contributed by atoms with Crippen LogP contribution in [0.3, 0.4) is 0 Å². The molecule has 0 aromatic rings. The van der Waals surface area contributed by atoms with E-state index in [1.807, 2.05) is 6.08 Å². The fourth-order valence-electron chi connectivity index (χ4n) is 10.8. The van der Waals surface area contributed by atoms with Crippen molar-refractivity contribution in [1.82, 2.24) is 5.32 Å². The first-order chi connectivity index (χ1) is 38.0. The Labute approximate surface area is 481 Å². The summed E-state index contributed by atoms with van der Waals surface area (Å²) in [6.45, 7) is 4.92. The summed E-state index contributed by atoms with van der Waals surface area (Å²) in [6.07, 6.45) is 85.2. The Hall–Kier alpha value is -1.92. The fraction of sp³-hybridized carbons (Fsp3) is 0.887. The molecule has 1 amide bonds. The molecule has 0 bridgehead atoms. The molecule has 454 valence electrons. The fourth-order valence-corrected chi connectivity index (χ4v) is 10.8. The Morgan fingerprint density at radius 3 is 0.987 bits per heavy atom. The number of hydrogen-bond donors (Lipinski definition) is 3. The van der Waals surface area contributed by atoms with Gasteiger partial charge in [0.25, 0.3) is 0 Å². The minimum Gasteiger partial charge on any atom is -0.466 e. The molecule has 0 saturated carbocycles. The lowest BCUT2D eigenvalue weighted by Gasteiger charge is -2.20. The molecule has 6 nitrogen and oxygen atoms in total. The van der Waals surface area contributed by atoms with Gasteiger partial charge in [-0.05, 0) is 64.2 Å². The molecule has 0 aliphatic carbocycles. The summed E-state index contributed by atoms with van der Waals surface area (Å²) < 4.78 is 5.51. The maximum Gasteiger partial charge on any atom is 0.305 e. The Bertz CT molecular complexity index is 1250. The first kappa shape index (κ1) is 75.1. The van der Waals surface area contributed by atoms with Crippen molar-refractivity contribution in [3.05, 3.63) is 36.5 Å². The van der Waals surface area contributed by atoms with Gasteiger partial charge in [-0.2, -0.15) is 0 Å². The number of esters is 1. The van der Waals surface area contributed by atoms with Gasteiger partial charge in [-0.25, -0.2) is 0 Å². The third kappa shape index (κ3) is 63.1. The van der Waals surface area contributed by atoms with Gasteiger partial charge in [0, 0.05) is 12.8 Å². The SMILES string of the molecule is CCCCCCCCCCC/C=C/C(O)C(CO)NC(=O)CCCCCCCCCCCCCCCCC/C=C\C/C=C\CCCCCCCCCCCOC(=O)CCCCCCCCCCCCCCCCCCCC. The van der Waals surface area contributed by atoms with Crippen LogP contribution < -0.4 is 5.32 Å². The average molecular weight is 1080 g/mol. The molecule has 77 heavy (non-hydrogen) atoms. The van der Waals surface area contributed by atoms with Crippen molar-refractivity contribution < 1.29 is 24.5 Å². The van der Waals surface area contributed by atoms with Gasteiger partial charge in [-0.3, -0.25) is 9.59 Å². The van der Waals surface area contributed by atoms with E-state index in [4.69, 9.17) is 4.74 Å². The molecule has 0 heterocycles. The van der Waals surface area contributed by atoms with Gasteiger partial charge in [0.2, 0.25) is 5.91 Å². The van der Waals surface area contributed by atoms with Crippen LogP contribution in [-0.4, -0.2) is 47.4 Å². The highest BCUT2D eigenvalue weighted by molar-refractivity contribution is 5.76. The number of aliphatic hydroxyl groups excluding tert-OH is 2. The number of allylic oxidation sites excluding steroid dienone is 5. The van der Waals surface area contributed by atoms with Gasteiger partial charge in [0.1, 0.15) is 0 Å². The number of carbonyl (C=O) groups excluding carboxylic acids is 2. The number of nitrogens with one attached hydrogen (secondary N) is 1. The third-order valence-electron chi connectivity index (χ3n) is 16.2. The van der Waals surface area contributed by atoms with Crippen molar-refractivity contribution in [2.75, 3.05) is 13.2 Å². The molecule has 2 unspecified atom stereocenters. The van der Waals surface area contributed by atoms with Gasteiger partial charge < -0.3 is 20.3 Å². The Kier molecular flexibility index (Phi) is 64.9. The highest BCUT2D eigenvalue weighted by atomic mass is 16.5. The Morgan fingerprint density at radius 1 is 0.364 bits per heavy atom. The quantitative estimate of drug-likeness (QED) is 0.0320. The van der Waals surface area contributed by atoms with Crippen LogP contribution in [0.4, 0.5) is 0 Å². The molecule has 6 heteroatoms. The molecular formula is C71H135NO5. The summed E-state index contributed by atoms with van der Waals surface area (Å²) in [4.78, 5) is 24.5. The lowest BCUT2D eigenvalue weighted by atomic mass is 10.0. The summed E-state index contributed by atoms with van der Waals surface area (Å²) in [5, 5.41) is 23.0.